The van der Waals surface area contributed by atoms with Gasteiger partial charge in [-0.05, 0) is 24.1 Å². The van der Waals surface area contributed by atoms with Crippen molar-refractivity contribution in [1.82, 2.24) is 4.98 Å². The Morgan fingerprint density at radius 1 is 1.39 bits per heavy atom. The van der Waals surface area contributed by atoms with Crippen LogP contribution in [0.2, 0.25) is 5.15 Å². The fraction of sp³-hybridized carbons (Fsp3) is 0.167. The van der Waals surface area contributed by atoms with Gasteiger partial charge in [-0.25, -0.2) is 9.78 Å². The highest BCUT2D eigenvalue weighted by molar-refractivity contribution is 7.14. The van der Waals surface area contributed by atoms with E-state index in [4.69, 9.17) is 16.7 Å². The number of benzene rings is 1. The van der Waals surface area contributed by atoms with Crippen molar-refractivity contribution in [2.75, 3.05) is 11.9 Å². The minimum absolute atomic E-state index is 0.304. The Morgan fingerprint density at radius 3 is 2.67 bits per heavy atom. The molecule has 2 aromatic rings. The lowest BCUT2D eigenvalue weighted by atomic mass is 10.1. The van der Waals surface area contributed by atoms with Gasteiger partial charge in [0.15, 0.2) is 5.13 Å². The smallest absolute Gasteiger partial charge is 0.335 e. The van der Waals surface area contributed by atoms with Crippen molar-refractivity contribution < 1.29 is 9.90 Å². The molecule has 1 heterocycles. The average molecular weight is 283 g/mol. The minimum Gasteiger partial charge on any atom is -0.478 e. The maximum atomic E-state index is 10.7. The molecule has 0 amide bonds. The topological polar surface area (TPSA) is 62.2 Å². The zero-order valence-electron chi connectivity index (χ0n) is 9.39. The first kappa shape index (κ1) is 12.9. The molecule has 0 saturated carbocycles. The highest BCUT2D eigenvalue weighted by atomic mass is 35.5. The van der Waals surface area contributed by atoms with E-state index in [9.17, 15) is 4.79 Å². The fourth-order valence-corrected chi connectivity index (χ4v) is 2.33. The van der Waals surface area contributed by atoms with Crippen LogP contribution in [-0.4, -0.2) is 22.6 Å². The number of carbonyl (C=O) groups is 1. The van der Waals surface area contributed by atoms with Gasteiger partial charge in [0, 0.05) is 11.9 Å². The third-order valence-electron chi connectivity index (χ3n) is 2.37. The normalized spacial score (nSPS) is 10.3. The Morgan fingerprint density at radius 2 is 2.11 bits per heavy atom. The summed E-state index contributed by atoms with van der Waals surface area (Å²) in [5.41, 5.74) is 1.38. The highest BCUT2D eigenvalue weighted by Crippen LogP contribution is 2.18. The number of hydrogen-bond donors (Lipinski definition) is 2. The molecule has 0 radical (unpaired) electrons. The van der Waals surface area contributed by atoms with Gasteiger partial charge in [-0.1, -0.05) is 23.7 Å². The van der Waals surface area contributed by atoms with Crippen molar-refractivity contribution in [2.24, 2.45) is 0 Å². The monoisotopic (exact) mass is 282 g/mol. The third-order valence-corrected chi connectivity index (χ3v) is 3.49. The number of rotatable bonds is 5. The molecule has 94 valence electrons. The minimum atomic E-state index is -0.905. The molecule has 1 aromatic heterocycles. The van der Waals surface area contributed by atoms with Gasteiger partial charge in [0.2, 0.25) is 0 Å². The van der Waals surface area contributed by atoms with Crippen molar-refractivity contribution in [2.45, 2.75) is 6.42 Å². The lowest BCUT2D eigenvalue weighted by molar-refractivity contribution is 0.0697. The van der Waals surface area contributed by atoms with Crippen molar-refractivity contribution in [3.63, 3.8) is 0 Å². The zero-order chi connectivity index (χ0) is 13.0. The van der Waals surface area contributed by atoms with Crippen molar-refractivity contribution in [1.29, 1.82) is 0 Å². The molecule has 0 unspecified atom stereocenters. The Labute approximate surface area is 113 Å². The van der Waals surface area contributed by atoms with Crippen LogP contribution in [0.15, 0.2) is 29.6 Å². The SMILES string of the molecule is O=C(O)c1ccc(CCNc2nc(Cl)cs2)cc1. The van der Waals surface area contributed by atoms with E-state index in [0.717, 1.165) is 23.7 Å². The molecule has 0 spiro atoms. The van der Waals surface area contributed by atoms with Crippen LogP contribution in [0.3, 0.4) is 0 Å². The number of carboxylic acid groups (broad SMARTS) is 1. The molecule has 0 aliphatic carbocycles. The molecule has 0 aliphatic rings. The lowest BCUT2D eigenvalue weighted by Crippen LogP contribution is -2.05. The summed E-state index contributed by atoms with van der Waals surface area (Å²) in [4.78, 5) is 14.8. The molecule has 2 N–H and O–H groups in total. The Hall–Kier alpha value is -1.59. The summed E-state index contributed by atoms with van der Waals surface area (Å²) in [6.07, 6.45) is 0.803. The Balaban J connectivity index is 1.85. The first-order chi connectivity index (χ1) is 8.65. The molecule has 0 bridgehead atoms. The van der Waals surface area contributed by atoms with Gasteiger partial charge in [-0.3, -0.25) is 0 Å². The largest absolute Gasteiger partial charge is 0.478 e. The van der Waals surface area contributed by atoms with Crippen LogP contribution in [0.1, 0.15) is 15.9 Å². The molecule has 0 saturated heterocycles. The van der Waals surface area contributed by atoms with Gasteiger partial charge in [0.1, 0.15) is 5.15 Å². The number of nitrogens with one attached hydrogen (secondary N) is 1. The number of aromatic nitrogens is 1. The van der Waals surface area contributed by atoms with Crippen LogP contribution in [0.4, 0.5) is 5.13 Å². The lowest BCUT2D eigenvalue weighted by Gasteiger charge is -2.03. The third kappa shape index (κ3) is 3.45. The van der Waals surface area contributed by atoms with E-state index in [1.807, 2.05) is 12.1 Å². The molecule has 4 nitrogen and oxygen atoms in total. The predicted molar refractivity (Wildman–Crippen MR) is 72.7 cm³/mol. The van der Waals surface area contributed by atoms with E-state index in [1.165, 1.54) is 11.3 Å². The van der Waals surface area contributed by atoms with E-state index >= 15 is 0 Å². The van der Waals surface area contributed by atoms with E-state index in [0.29, 0.717) is 10.7 Å². The number of carboxylic acids is 1. The summed E-state index contributed by atoms with van der Waals surface area (Å²) in [6, 6.07) is 6.86. The second-order valence-corrected chi connectivity index (χ2v) is 4.90. The second kappa shape index (κ2) is 5.84. The van der Waals surface area contributed by atoms with Crippen LogP contribution in [0, 0.1) is 0 Å². The molecule has 0 atom stereocenters. The van der Waals surface area contributed by atoms with Gasteiger partial charge in [-0.2, -0.15) is 0 Å². The van der Waals surface area contributed by atoms with E-state index in [1.54, 1.807) is 17.5 Å². The number of thiazole rings is 1. The maximum absolute atomic E-state index is 10.7. The molecule has 0 aliphatic heterocycles. The van der Waals surface area contributed by atoms with Crippen LogP contribution in [0.5, 0.6) is 0 Å². The summed E-state index contributed by atoms with van der Waals surface area (Å²) in [5.74, 6) is -0.905. The van der Waals surface area contributed by atoms with Crippen LogP contribution < -0.4 is 5.32 Å². The molecule has 18 heavy (non-hydrogen) atoms. The Bertz CT molecular complexity index is 539. The summed E-state index contributed by atoms with van der Waals surface area (Å²) in [5, 5.41) is 15.0. The molecule has 2 rings (SSSR count). The summed E-state index contributed by atoms with van der Waals surface area (Å²) in [6.45, 7) is 0.732. The second-order valence-electron chi connectivity index (χ2n) is 3.65. The van der Waals surface area contributed by atoms with E-state index < -0.39 is 5.97 Å². The standard InChI is InChI=1S/C12H11ClN2O2S/c13-10-7-18-12(15-10)14-6-5-8-1-3-9(4-2-8)11(16)17/h1-4,7H,5-6H2,(H,14,15)(H,16,17). The molecule has 0 fully saturated rings. The predicted octanol–water partition coefficient (Wildman–Crippen LogP) is 3.15. The molecular weight excluding hydrogens is 272 g/mol. The van der Waals surface area contributed by atoms with Gasteiger partial charge in [0.25, 0.3) is 0 Å². The number of hydrogen-bond acceptors (Lipinski definition) is 4. The number of nitrogens with zero attached hydrogens (tertiary/aromatic N) is 1. The first-order valence-electron chi connectivity index (χ1n) is 5.32. The molecule has 1 aromatic carbocycles. The quantitative estimate of drug-likeness (QED) is 0.884. The average Bonchev–Trinajstić information content (AvgIpc) is 2.76. The van der Waals surface area contributed by atoms with Crippen molar-refractivity contribution in [3.05, 3.63) is 45.9 Å². The van der Waals surface area contributed by atoms with Gasteiger partial charge < -0.3 is 10.4 Å². The van der Waals surface area contributed by atoms with Gasteiger partial charge in [-0.15, -0.1) is 11.3 Å². The molecular formula is C12H11ClN2O2S. The van der Waals surface area contributed by atoms with E-state index in [-0.39, 0.29) is 0 Å². The van der Waals surface area contributed by atoms with Gasteiger partial charge >= 0.3 is 5.97 Å². The van der Waals surface area contributed by atoms with Gasteiger partial charge in [0.05, 0.1) is 5.56 Å². The summed E-state index contributed by atoms with van der Waals surface area (Å²) >= 11 is 7.17. The van der Waals surface area contributed by atoms with Crippen LogP contribution in [0.25, 0.3) is 0 Å². The number of anilines is 1. The molecule has 6 heteroatoms. The number of aromatic carboxylic acids is 1. The van der Waals surface area contributed by atoms with Crippen molar-refractivity contribution >= 4 is 34.0 Å². The summed E-state index contributed by atoms with van der Waals surface area (Å²) < 4.78 is 0. The highest BCUT2D eigenvalue weighted by Gasteiger charge is 2.02. The van der Waals surface area contributed by atoms with Crippen molar-refractivity contribution in [3.8, 4) is 0 Å². The first-order valence-corrected chi connectivity index (χ1v) is 6.58. The number of halogens is 1. The maximum Gasteiger partial charge on any atom is 0.335 e. The van der Waals surface area contributed by atoms with Crippen LogP contribution in [-0.2, 0) is 6.42 Å². The van der Waals surface area contributed by atoms with Crippen LogP contribution >= 0.6 is 22.9 Å². The van der Waals surface area contributed by atoms with E-state index in [2.05, 4.69) is 10.3 Å². The zero-order valence-corrected chi connectivity index (χ0v) is 11.0. The summed E-state index contributed by atoms with van der Waals surface area (Å²) in [7, 11) is 0. The Kier molecular flexibility index (Phi) is 4.17. The fourth-order valence-electron chi connectivity index (χ4n) is 1.46.